The SMILES string of the molecule is Cc1cc(Cc2cc(Cc3cc(C[Si]C(C)(C)C)cc(CC(C)C)c3)cc(CC(C)C)c2)cc(CC(C)C)c1. The van der Waals surface area contributed by atoms with Crippen LogP contribution in [0.4, 0.5) is 0 Å². The van der Waals surface area contributed by atoms with Crippen molar-refractivity contribution in [2.24, 2.45) is 17.8 Å². The molecule has 0 spiro atoms. The van der Waals surface area contributed by atoms with Crippen LogP contribution in [0.3, 0.4) is 0 Å². The van der Waals surface area contributed by atoms with E-state index in [-0.39, 0.29) is 0 Å². The highest BCUT2D eigenvalue weighted by molar-refractivity contribution is 6.39. The van der Waals surface area contributed by atoms with E-state index < -0.39 is 0 Å². The number of hydrogen-bond donors (Lipinski definition) is 0. The summed E-state index contributed by atoms with van der Waals surface area (Å²) < 4.78 is 0. The summed E-state index contributed by atoms with van der Waals surface area (Å²) in [6.45, 7) is 23.3. The lowest BCUT2D eigenvalue weighted by Gasteiger charge is -2.18. The van der Waals surface area contributed by atoms with Gasteiger partial charge in [-0.05, 0) is 107 Å². The number of benzene rings is 3. The molecule has 2 radical (unpaired) electrons. The molecule has 0 fully saturated rings. The third-order valence-electron chi connectivity index (χ3n) is 6.99. The van der Waals surface area contributed by atoms with Crippen molar-refractivity contribution in [1.82, 2.24) is 0 Å². The molecule has 0 saturated carbocycles. The van der Waals surface area contributed by atoms with Crippen LogP contribution in [0, 0.1) is 24.7 Å². The summed E-state index contributed by atoms with van der Waals surface area (Å²) in [5, 5.41) is 0.388. The third kappa shape index (κ3) is 11.5. The van der Waals surface area contributed by atoms with Crippen LogP contribution >= 0.6 is 0 Å². The number of aryl methyl sites for hydroxylation is 1. The van der Waals surface area contributed by atoms with Crippen molar-refractivity contribution in [2.75, 3.05) is 0 Å². The molecule has 0 amide bonds. The smallest absolute Gasteiger partial charge is 0.0494 e. The minimum absolute atomic E-state index is 0.388. The van der Waals surface area contributed by atoms with Crippen molar-refractivity contribution in [3.8, 4) is 0 Å². The van der Waals surface area contributed by atoms with E-state index in [2.05, 4.69) is 124 Å². The Morgan fingerprint density at radius 2 is 0.795 bits per heavy atom. The standard InChI is InChI=1S/C38H54Si/c1-26(2)11-30-14-29(7)15-33(16-30)20-34-17-31(12-27(3)4)18-35(21-34)22-36-19-32(13-28(5)6)23-37(24-36)25-39-38(8,9)10/h14-19,21,23-24,26-28H,11-13,20,22,25H2,1-10H3. The first-order valence-corrected chi connectivity index (χ1v) is 16.5. The Kier molecular flexibility index (Phi) is 11.3. The average Bonchev–Trinajstić information content (AvgIpc) is 2.75. The normalized spacial score (nSPS) is 12.2. The van der Waals surface area contributed by atoms with Gasteiger partial charge in [0.05, 0.1) is 0 Å². The van der Waals surface area contributed by atoms with Gasteiger partial charge in [0.1, 0.15) is 0 Å². The van der Waals surface area contributed by atoms with Gasteiger partial charge in [-0.3, -0.25) is 0 Å². The summed E-state index contributed by atoms with van der Waals surface area (Å²) in [7, 11) is 0.948. The average molecular weight is 539 g/mol. The van der Waals surface area contributed by atoms with Crippen molar-refractivity contribution in [2.45, 2.75) is 112 Å². The van der Waals surface area contributed by atoms with E-state index in [1.807, 2.05) is 0 Å². The first-order valence-electron chi connectivity index (χ1n) is 15.3. The molecule has 0 N–H and O–H groups in total. The predicted octanol–water partition coefficient (Wildman–Crippen LogP) is 10.2. The van der Waals surface area contributed by atoms with E-state index in [0.29, 0.717) is 22.8 Å². The van der Waals surface area contributed by atoms with E-state index >= 15 is 0 Å². The quantitative estimate of drug-likeness (QED) is 0.201. The van der Waals surface area contributed by atoms with Gasteiger partial charge in [0.2, 0.25) is 0 Å². The molecule has 39 heavy (non-hydrogen) atoms. The van der Waals surface area contributed by atoms with Crippen LogP contribution in [0.1, 0.15) is 112 Å². The lowest BCUT2D eigenvalue weighted by atomic mass is 9.91. The third-order valence-corrected chi connectivity index (χ3v) is 8.64. The zero-order valence-electron chi connectivity index (χ0n) is 26.7. The van der Waals surface area contributed by atoms with E-state index in [0.717, 1.165) is 41.6 Å². The monoisotopic (exact) mass is 538 g/mol. The summed E-state index contributed by atoms with van der Waals surface area (Å²) >= 11 is 0. The van der Waals surface area contributed by atoms with Gasteiger partial charge < -0.3 is 0 Å². The van der Waals surface area contributed by atoms with Crippen molar-refractivity contribution < 1.29 is 0 Å². The van der Waals surface area contributed by atoms with Crippen LogP contribution in [0.2, 0.25) is 5.04 Å². The van der Waals surface area contributed by atoms with Gasteiger partial charge in [0.25, 0.3) is 0 Å². The maximum atomic E-state index is 2.50. The zero-order chi connectivity index (χ0) is 28.7. The molecule has 3 aromatic rings. The van der Waals surface area contributed by atoms with Crippen LogP contribution in [0.15, 0.2) is 54.6 Å². The molecule has 0 saturated heterocycles. The molecule has 3 aromatic carbocycles. The second-order valence-electron chi connectivity index (χ2n) is 14.4. The first kappa shape index (κ1) is 31.4. The van der Waals surface area contributed by atoms with E-state index in [9.17, 15) is 0 Å². The fourth-order valence-electron chi connectivity index (χ4n) is 5.74. The summed E-state index contributed by atoms with van der Waals surface area (Å²) in [5.41, 5.74) is 13.2. The molecular formula is C38H54Si. The van der Waals surface area contributed by atoms with E-state index in [1.54, 1.807) is 0 Å². The van der Waals surface area contributed by atoms with Crippen molar-refractivity contribution >= 4 is 9.52 Å². The lowest BCUT2D eigenvalue weighted by molar-refractivity contribution is 0.646. The molecule has 0 unspecified atom stereocenters. The Morgan fingerprint density at radius 1 is 0.487 bits per heavy atom. The molecule has 0 nitrogen and oxygen atoms in total. The zero-order valence-corrected chi connectivity index (χ0v) is 27.7. The summed E-state index contributed by atoms with van der Waals surface area (Å²) in [6, 6.07) is 23.3. The van der Waals surface area contributed by atoms with Gasteiger partial charge in [0, 0.05) is 9.52 Å². The molecule has 1 heteroatoms. The van der Waals surface area contributed by atoms with E-state index in [1.165, 1.54) is 56.1 Å². The molecule has 3 rings (SSSR count). The summed E-state index contributed by atoms with van der Waals surface area (Å²) in [5.74, 6) is 2.01. The van der Waals surface area contributed by atoms with Gasteiger partial charge in [-0.2, -0.15) is 0 Å². The topological polar surface area (TPSA) is 0 Å². The molecule has 0 heterocycles. The maximum Gasteiger partial charge on any atom is 0.0494 e. The molecule has 0 aliphatic carbocycles. The maximum absolute atomic E-state index is 2.50. The number of rotatable bonds is 12. The second kappa shape index (κ2) is 14.0. The molecule has 0 bridgehead atoms. The van der Waals surface area contributed by atoms with Crippen LogP contribution in [-0.4, -0.2) is 9.52 Å². The van der Waals surface area contributed by atoms with Gasteiger partial charge in [-0.25, -0.2) is 0 Å². The molecule has 0 aliphatic rings. The Hall–Kier alpha value is -2.12. The molecule has 0 aromatic heterocycles. The van der Waals surface area contributed by atoms with E-state index in [4.69, 9.17) is 0 Å². The molecule has 210 valence electrons. The first-order chi connectivity index (χ1) is 18.2. The Labute approximate surface area is 243 Å². The Bertz CT molecular complexity index is 1210. The van der Waals surface area contributed by atoms with Crippen LogP contribution in [-0.2, 0) is 38.1 Å². The highest BCUT2D eigenvalue weighted by Gasteiger charge is 2.13. The molecule has 0 atom stereocenters. The minimum atomic E-state index is 0.388. The van der Waals surface area contributed by atoms with Crippen molar-refractivity contribution in [3.05, 3.63) is 105 Å². The molecular weight excluding hydrogens is 485 g/mol. The van der Waals surface area contributed by atoms with Crippen LogP contribution < -0.4 is 0 Å². The van der Waals surface area contributed by atoms with Crippen molar-refractivity contribution in [3.63, 3.8) is 0 Å². The lowest BCUT2D eigenvalue weighted by Crippen LogP contribution is -2.12. The highest BCUT2D eigenvalue weighted by atomic mass is 28.2. The fraction of sp³-hybridized carbons (Fsp3) is 0.526. The second-order valence-corrected chi connectivity index (χ2v) is 16.6. The summed E-state index contributed by atoms with van der Waals surface area (Å²) in [6.07, 6.45) is 5.47. The number of hydrogen-bond acceptors (Lipinski definition) is 0. The highest BCUT2D eigenvalue weighted by Crippen LogP contribution is 2.25. The Balaban J connectivity index is 1.94. The van der Waals surface area contributed by atoms with Gasteiger partial charge >= 0.3 is 0 Å². The van der Waals surface area contributed by atoms with Crippen LogP contribution in [0.5, 0.6) is 0 Å². The predicted molar refractivity (Wildman–Crippen MR) is 174 cm³/mol. The fourth-order valence-corrected chi connectivity index (χ4v) is 6.68. The molecule has 0 aliphatic heterocycles. The summed E-state index contributed by atoms with van der Waals surface area (Å²) in [4.78, 5) is 0. The minimum Gasteiger partial charge on any atom is -0.0630 e. The van der Waals surface area contributed by atoms with Gasteiger partial charge in [-0.1, -0.05) is 128 Å². The Morgan fingerprint density at radius 3 is 1.21 bits per heavy atom. The van der Waals surface area contributed by atoms with Crippen LogP contribution in [0.25, 0.3) is 0 Å². The largest absolute Gasteiger partial charge is 0.0630 e. The van der Waals surface area contributed by atoms with Crippen molar-refractivity contribution in [1.29, 1.82) is 0 Å². The van der Waals surface area contributed by atoms with Gasteiger partial charge in [0.15, 0.2) is 0 Å². The van der Waals surface area contributed by atoms with Gasteiger partial charge in [-0.15, -0.1) is 0 Å².